The summed E-state index contributed by atoms with van der Waals surface area (Å²) < 4.78 is 5.39. The Bertz CT molecular complexity index is 394. The standard InChI is InChI=1S/C12H14ClNO3/c1-9(12(16)17-2)14(13)11(15)8-10-6-4-3-5-7-10/h3-7,9H,8H2,1-2H3. The maximum Gasteiger partial charge on any atom is 0.329 e. The summed E-state index contributed by atoms with van der Waals surface area (Å²) in [4.78, 5) is 23.0. The van der Waals surface area contributed by atoms with Crippen molar-refractivity contribution in [2.24, 2.45) is 0 Å². The van der Waals surface area contributed by atoms with E-state index in [1.165, 1.54) is 14.0 Å². The third kappa shape index (κ3) is 3.75. The van der Waals surface area contributed by atoms with Crippen molar-refractivity contribution in [2.75, 3.05) is 7.11 Å². The number of hydrogen-bond donors (Lipinski definition) is 0. The van der Waals surface area contributed by atoms with E-state index in [0.29, 0.717) is 0 Å². The van der Waals surface area contributed by atoms with Crippen molar-refractivity contribution >= 4 is 23.7 Å². The summed E-state index contributed by atoms with van der Waals surface area (Å²) in [5.74, 6) is -0.878. The van der Waals surface area contributed by atoms with E-state index in [1.807, 2.05) is 30.3 Å². The molecule has 92 valence electrons. The minimum Gasteiger partial charge on any atom is -0.467 e. The summed E-state index contributed by atoms with van der Waals surface area (Å²) in [5.41, 5.74) is 0.847. The van der Waals surface area contributed by atoms with E-state index in [4.69, 9.17) is 11.8 Å². The number of carbonyl (C=O) groups is 2. The summed E-state index contributed by atoms with van der Waals surface area (Å²) in [6.45, 7) is 1.52. The van der Waals surface area contributed by atoms with Crippen molar-refractivity contribution in [2.45, 2.75) is 19.4 Å². The van der Waals surface area contributed by atoms with Crippen LogP contribution < -0.4 is 0 Å². The molecule has 0 aliphatic rings. The van der Waals surface area contributed by atoms with Gasteiger partial charge in [-0.05, 0) is 12.5 Å². The minimum atomic E-state index is -0.794. The number of carbonyl (C=O) groups excluding carboxylic acids is 2. The van der Waals surface area contributed by atoms with Crippen molar-refractivity contribution in [3.05, 3.63) is 35.9 Å². The average Bonchev–Trinajstić information content (AvgIpc) is 2.37. The van der Waals surface area contributed by atoms with E-state index in [2.05, 4.69) is 4.74 Å². The van der Waals surface area contributed by atoms with E-state index in [-0.39, 0.29) is 12.3 Å². The predicted molar refractivity (Wildman–Crippen MR) is 64.3 cm³/mol. The van der Waals surface area contributed by atoms with Crippen LogP contribution in [0, 0.1) is 0 Å². The van der Waals surface area contributed by atoms with Crippen molar-refractivity contribution < 1.29 is 14.3 Å². The number of benzene rings is 1. The average molecular weight is 256 g/mol. The molecule has 0 spiro atoms. The zero-order valence-corrected chi connectivity index (χ0v) is 10.5. The molecule has 1 unspecified atom stereocenters. The van der Waals surface area contributed by atoms with E-state index in [1.54, 1.807) is 0 Å². The molecule has 0 fully saturated rings. The van der Waals surface area contributed by atoms with Crippen LogP contribution in [-0.4, -0.2) is 29.4 Å². The van der Waals surface area contributed by atoms with Gasteiger partial charge in [-0.3, -0.25) is 4.79 Å². The van der Waals surface area contributed by atoms with Gasteiger partial charge in [0.25, 0.3) is 0 Å². The Morgan fingerprint density at radius 1 is 1.35 bits per heavy atom. The number of ether oxygens (including phenoxy) is 1. The van der Waals surface area contributed by atoms with Crippen LogP contribution in [0.2, 0.25) is 0 Å². The Morgan fingerprint density at radius 3 is 2.47 bits per heavy atom. The van der Waals surface area contributed by atoms with Gasteiger partial charge in [-0.1, -0.05) is 30.3 Å². The largest absolute Gasteiger partial charge is 0.467 e. The summed E-state index contributed by atoms with van der Waals surface area (Å²) in [6.07, 6.45) is 0.158. The van der Waals surface area contributed by atoms with Crippen LogP contribution in [0.5, 0.6) is 0 Å². The zero-order valence-electron chi connectivity index (χ0n) is 9.72. The molecular weight excluding hydrogens is 242 g/mol. The van der Waals surface area contributed by atoms with Gasteiger partial charge in [-0.25, -0.2) is 9.21 Å². The fourth-order valence-electron chi connectivity index (χ4n) is 1.33. The van der Waals surface area contributed by atoms with Gasteiger partial charge in [0.2, 0.25) is 5.91 Å². The molecule has 4 nitrogen and oxygen atoms in total. The maximum atomic E-state index is 11.8. The maximum absolute atomic E-state index is 11.8. The van der Waals surface area contributed by atoms with Crippen LogP contribution in [-0.2, 0) is 20.7 Å². The van der Waals surface area contributed by atoms with Crippen molar-refractivity contribution in [3.63, 3.8) is 0 Å². The predicted octanol–water partition coefficient (Wildman–Crippen LogP) is 1.77. The molecule has 0 radical (unpaired) electrons. The number of rotatable bonds is 4. The molecule has 17 heavy (non-hydrogen) atoms. The first kappa shape index (κ1) is 13.5. The Kier molecular flexibility index (Phi) is 4.97. The topological polar surface area (TPSA) is 46.6 Å². The van der Waals surface area contributed by atoms with E-state index in [9.17, 15) is 9.59 Å². The molecule has 0 bridgehead atoms. The smallest absolute Gasteiger partial charge is 0.329 e. The molecule has 0 saturated heterocycles. The van der Waals surface area contributed by atoms with Crippen molar-refractivity contribution in [1.82, 2.24) is 4.42 Å². The first-order chi connectivity index (χ1) is 8.06. The third-order valence-corrected chi connectivity index (χ3v) is 2.80. The molecule has 1 aromatic carbocycles. The molecule has 1 rings (SSSR count). The van der Waals surface area contributed by atoms with Gasteiger partial charge in [-0.2, -0.15) is 0 Å². The number of amides is 1. The van der Waals surface area contributed by atoms with Gasteiger partial charge in [0, 0.05) is 11.8 Å². The highest BCUT2D eigenvalue weighted by molar-refractivity contribution is 6.22. The van der Waals surface area contributed by atoms with Crippen LogP contribution in [0.3, 0.4) is 0 Å². The molecule has 5 heteroatoms. The van der Waals surface area contributed by atoms with Crippen LogP contribution in [0.4, 0.5) is 0 Å². The molecular formula is C12H14ClNO3. The normalized spacial score (nSPS) is 11.7. The second kappa shape index (κ2) is 6.25. The molecule has 1 atom stereocenters. The van der Waals surface area contributed by atoms with Gasteiger partial charge in [0.15, 0.2) is 0 Å². The third-order valence-electron chi connectivity index (χ3n) is 2.32. The van der Waals surface area contributed by atoms with E-state index in [0.717, 1.165) is 9.98 Å². The van der Waals surface area contributed by atoms with Crippen molar-refractivity contribution in [3.8, 4) is 0 Å². The second-order valence-corrected chi connectivity index (χ2v) is 3.93. The van der Waals surface area contributed by atoms with Crippen LogP contribution in [0.15, 0.2) is 30.3 Å². The summed E-state index contributed by atoms with van der Waals surface area (Å²) in [6, 6.07) is 8.40. The van der Waals surface area contributed by atoms with Gasteiger partial charge < -0.3 is 4.74 Å². The highest BCUT2D eigenvalue weighted by Crippen LogP contribution is 2.09. The zero-order chi connectivity index (χ0) is 12.8. The van der Waals surface area contributed by atoms with E-state index < -0.39 is 12.0 Å². The fourth-order valence-corrected chi connectivity index (χ4v) is 1.46. The lowest BCUT2D eigenvalue weighted by Gasteiger charge is -2.19. The Morgan fingerprint density at radius 2 is 1.94 bits per heavy atom. The Labute approximate surface area is 105 Å². The Balaban J connectivity index is 2.62. The van der Waals surface area contributed by atoms with Gasteiger partial charge in [0.1, 0.15) is 6.04 Å². The number of methoxy groups -OCH3 is 1. The lowest BCUT2D eigenvalue weighted by Crippen LogP contribution is -2.38. The van der Waals surface area contributed by atoms with Crippen LogP contribution in [0.25, 0.3) is 0 Å². The minimum absolute atomic E-state index is 0.158. The SMILES string of the molecule is COC(=O)C(C)N(Cl)C(=O)Cc1ccccc1. The highest BCUT2D eigenvalue weighted by Gasteiger charge is 2.25. The molecule has 0 aromatic heterocycles. The second-order valence-electron chi connectivity index (χ2n) is 3.57. The molecule has 0 saturated carbocycles. The number of halogens is 1. The molecule has 0 aliphatic carbocycles. The molecule has 0 aliphatic heterocycles. The highest BCUT2D eigenvalue weighted by atomic mass is 35.5. The lowest BCUT2D eigenvalue weighted by atomic mass is 10.1. The number of nitrogens with zero attached hydrogens (tertiary/aromatic N) is 1. The molecule has 0 heterocycles. The van der Waals surface area contributed by atoms with Crippen LogP contribution >= 0.6 is 11.8 Å². The summed E-state index contributed by atoms with van der Waals surface area (Å²) >= 11 is 5.79. The number of hydrogen-bond acceptors (Lipinski definition) is 3. The summed E-state index contributed by atoms with van der Waals surface area (Å²) in [7, 11) is 1.26. The lowest BCUT2D eigenvalue weighted by molar-refractivity contribution is -0.148. The van der Waals surface area contributed by atoms with Gasteiger partial charge in [-0.15, -0.1) is 0 Å². The Hall–Kier alpha value is -1.55. The quantitative estimate of drug-likeness (QED) is 0.609. The van der Waals surface area contributed by atoms with Crippen molar-refractivity contribution in [1.29, 1.82) is 0 Å². The summed E-state index contributed by atoms with van der Waals surface area (Å²) in [5, 5.41) is 0. The van der Waals surface area contributed by atoms with Gasteiger partial charge >= 0.3 is 5.97 Å². The number of esters is 1. The molecule has 0 N–H and O–H groups in total. The molecule has 1 amide bonds. The van der Waals surface area contributed by atoms with Gasteiger partial charge in [0.05, 0.1) is 13.5 Å². The van der Waals surface area contributed by atoms with E-state index >= 15 is 0 Å². The molecule has 1 aromatic rings. The van der Waals surface area contributed by atoms with Crippen LogP contribution in [0.1, 0.15) is 12.5 Å². The fraction of sp³-hybridized carbons (Fsp3) is 0.333. The first-order valence-electron chi connectivity index (χ1n) is 5.16. The first-order valence-corrected chi connectivity index (χ1v) is 5.49. The monoisotopic (exact) mass is 255 g/mol.